The molecule has 39 heavy (non-hydrogen) atoms. The third kappa shape index (κ3) is 5.06. The minimum absolute atomic E-state index is 0.00198. The van der Waals surface area contributed by atoms with Crippen molar-refractivity contribution in [3.05, 3.63) is 92.8 Å². The SMILES string of the molecule is CCOc1cc(C2c3c(oc4ccc(Cl)cc4c3=O)C(=O)N2c2cccc(OC)c2)ccc1OCCC(C)C. The van der Waals surface area contributed by atoms with Gasteiger partial charge in [0.25, 0.3) is 5.91 Å². The number of fused-ring (bicyclic) bond motifs is 2. The number of benzene rings is 3. The lowest BCUT2D eigenvalue weighted by molar-refractivity contribution is 0.0971. The second-order valence-electron chi connectivity index (χ2n) is 9.76. The van der Waals surface area contributed by atoms with Gasteiger partial charge in [-0.25, -0.2) is 0 Å². The topological polar surface area (TPSA) is 78.2 Å². The van der Waals surface area contributed by atoms with Crippen LogP contribution in [-0.4, -0.2) is 26.2 Å². The summed E-state index contributed by atoms with van der Waals surface area (Å²) in [7, 11) is 1.56. The van der Waals surface area contributed by atoms with Gasteiger partial charge in [-0.1, -0.05) is 37.6 Å². The van der Waals surface area contributed by atoms with Crippen molar-refractivity contribution in [1.29, 1.82) is 0 Å². The molecule has 8 heteroatoms. The molecule has 0 bridgehead atoms. The predicted molar refractivity (Wildman–Crippen MR) is 152 cm³/mol. The lowest BCUT2D eigenvalue weighted by Crippen LogP contribution is -2.29. The lowest BCUT2D eigenvalue weighted by atomic mass is 9.97. The molecule has 0 saturated carbocycles. The zero-order chi connectivity index (χ0) is 27.7. The number of carbonyl (C=O) groups excluding carboxylic acids is 1. The fraction of sp³-hybridized carbons (Fsp3) is 0.290. The molecule has 1 aliphatic heterocycles. The molecule has 0 N–H and O–H groups in total. The number of rotatable bonds is 9. The molecular weight excluding hydrogens is 518 g/mol. The minimum atomic E-state index is -0.775. The van der Waals surface area contributed by atoms with Crippen LogP contribution in [0.4, 0.5) is 5.69 Å². The summed E-state index contributed by atoms with van der Waals surface area (Å²) in [6.45, 7) is 7.15. The molecule has 5 rings (SSSR count). The van der Waals surface area contributed by atoms with E-state index in [1.165, 1.54) is 0 Å². The number of nitrogens with zero attached hydrogens (tertiary/aromatic N) is 1. The number of amides is 1. The Labute approximate surface area is 231 Å². The van der Waals surface area contributed by atoms with E-state index in [0.29, 0.717) is 63.6 Å². The third-order valence-electron chi connectivity index (χ3n) is 6.70. The monoisotopic (exact) mass is 547 g/mol. The number of carbonyl (C=O) groups is 1. The number of anilines is 1. The highest BCUT2D eigenvalue weighted by atomic mass is 35.5. The maximum Gasteiger partial charge on any atom is 0.295 e. The summed E-state index contributed by atoms with van der Waals surface area (Å²) in [6, 6.07) is 16.7. The van der Waals surface area contributed by atoms with Crippen LogP contribution in [0.15, 0.2) is 69.9 Å². The Bertz CT molecular complexity index is 1590. The molecule has 0 fully saturated rings. The second-order valence-corrected chi connectivity index (χ2v) is 10.2. The fourth-order valence-electron chi connectivity index (χ4n) is 4.77. The van der Waals surface area contributed by atoms with Crippen molar-refractivity contribution in [2.45, 2.75) is 33.2 Å². The van der Waals surface area contributed by atoms with E-state index in [2.05, 4.69) is 13.8 Å². The molecule has 1 amide bonds. The molecule has 1 unspecified atom stereocenters. The van der Waals surface area contributed by atoms with Crippen LogP contribution in [0, 0.1) is 5.92 Å². The van der Waals surface area contributed by atoms with Gasteiger partial charge in [-0.3, -0.25) is 14.5 Å². The van der Waals surface area contributed by atoms with Crippen LogP contribution in [0.2, 0.25) is 5.02 Å². The average Bonchev–Trinajstić information content (AvgIpc) is 3.22. The number of methoxy groups -OCH3 is 1. The van der Waals surface area contributed by atoms with E-state index >= 15 is 0 Å². The van der Waals surface area contributed by atoms with Crippen molar-refractivity contribution < 1.29 is 23.4 Å². The lowest BCUT2D eigenvalue weighted by Gasteiger charge is -2.26. The first-order chi connectivity index (χ1) is 18.8. The van der Waals surface area contributed by atoms with Gasteiger partial charge in [-0.2, -0.15) is 0 Å². The largest absolute Gasteiger partial charge is 0.497 e. The van der Waals surface area contributed by atoms with Crippen LogP contribution in [0.3, 0.4) is 0 Å². The Morgan fingerprint density at radius 3 is 2.56 bits per heavy atom. The number of hydrogen-bond acceptors (Lipinski definition) is 6. The quantitative estimate of drug-likeness (QED) is 0.224. The molecule has 0 spiro atoms. The van der Waals surface area contributed by atoms with E-state index in [4.69, 9.17) is 30.2 Å². The van der Waals surface area contributed by atoms with Gasteiger partial charge >= 0.3 is 0 Å². The smallest absolute Gasteiger partial charge is 0.295 e. The highest BCUT2D eigenvalue weighted by molar-refractivity contribution is 6.31. The second kappa shape index (κ2) is 11.0. The van der Waals surface area contributed by atoms with Crippen molar-refractivity contribution in [3.8, 4) is 17.2 Å². The Morgan fingerprint density at radius 2 is 1.82 bits per heavy atom. The van der Waals surface area contributed by atoms with E-state index in [1.54, 1.807) is 54.5 Å². The maximum atomic E-state index is 13.9. The Hall–Kier alpha value is -3.97. The first-order valence-corrected chi connectivity index (χ1v) is 13.3. The normalized spacial score (nSPS) is 14.7. The Kier molecular flexibility index (Phi) is 7.53. The van der Waals surface area contributed by atoms with Crippen LogP contribution in [-0.2, 0) is 0 Å². The Morgan fingerprint density at radius 1 is 1.00 bits per heavy atom. The van der Waals surface area contributed by atoms with Crippen molar-refractivity contribution in [2.75, 3.05) is 25.2 Å². The minimum Gasteiger partial charge on any atom is -0.497 e. The summed E-state index contributed by atoms with van der Waals surface area (Å²) in [5.74, 6) is 1.80. The van der Waals surface area contributed by atoms with E-state index in [9.17, 15) is 9.59 Å². The standard InChI is InChI=1S/C31H30ClNO6/c1-5-37-26-15-19(9-11-25(26)38-14-13-18(2)3)28-27-29(34)23-16-20(32)10-12-24(23)39-30(27)31(35)33(28)21-7-6-8-22(17-21)36-4/h6-12,15-18,28H,5,13-14H2,1-4H3. The van der Waals surface area contributed by atoms with E-state index in [1.807, 2.05) is 25.1 Å². The van der Waals surface area contributed by atoms with Crippen LogP contribution in [0.5, 0.6) is 17.2 Å². The van der Waals surface area contributed by atoms with Gasteiger partial charge < -0.3 is 18.6 Å². The van der Waals surface area contributed by atoms with Gasteiger partial charge in [0.2, 0.25) is 5.76 Å². The van der Waals surface area contributed by atoms with Gasteiger partial charge in [0.1, 0.15) is 11.3 Å². The summed E-state index contributed by atoms with van der Waals surface area (Å²) in [6.07, 6.45) is 0.901. The summed E-state index contributed by atoms with van der Waals surface area (Å²) < 4.78 is 23.4. The molecule has 1 aliphatic rings. The molecule has 1 aromatic heterocycles. The van der Waals surface area contributed by atoms with Crippen molar-refractivity contribution in [3.63, 3.8) is 0 Å². The molecule has 202 valence electrons. The van der Waals surface area contributed by atoms with Gasteiger partial charge in [-0.05, 0) is 67.3 Å². The van der Waals surface area contributed by atoms with Gasteiger partial charge in [0, 0.05) is 16.8 Å². The predicted octanol–water partition coefficient (Wildman–Crippen LogP) is 7.03. The molecule has 4 aromatic rings. The van der Waals surface area contributed by atoms with Crippen molar-refractivity contribution in [1.82, 2.24) is 0 Å². The molecule has 7 nitrogen and oxygen atoms in total. The van der Waals surface area contributed by atoms with Gasteiger partial charge in [0.05, 0.1) is 37.3 Å². The summed E-state index contributed by atoms with van der Waals surface area (Å²) in [4.78, 5) is 29.4. The number of hydrogen-bond donors (Lipinski definition) is 0. The maximum absolute atomic E-state index is 13.9. The van der Waals surface area contributed by atoms with Gasteiger partial charge in [-0.15, -0.1) is 0 Å². The summed E-state index contributed by atoms with van der Waals surface area (Å²) in [5.41, 5.74) is 1.47. The van der Waals surface area contributed by atoms with Crippen LogP contribution < -0.4 is 24.5 Å². The molecule has 3 aromatic carbocycles. The molecule has 0 aliphatic carbocycles. The highest BCUT2D eigenvalue weighted by Gasteiger charge is 2.44. The average molecular weight is 548 g/mol. The van der Waals surface area contributed by atoms with Gasteiger partial charge in [0.15, 0.2) is 16.9 Å². The number of halogens is 1. The van der Waals surface area contributed by atoms with E-state index < -0.39 is 11.9 Å². The number of ether oxygens (including phenoxy) is 3. The first-order valence-electron chi connectivity index (χ1n) is 13.0. The Balaban J connectivity index is 1.70. The summed E-state index contributed by atoms with van der Waals surface area (Å²) in [5, 5.41) is 0.715. The molecular formula is C31H30ClNO6. The van der Waals surface area contributed by atoms with E-state index in [0.717, 1.165) is 6.42 Å². The molecule has 1 atom stereocenters. The van der Waals surface area contributed by atoms with Crippen molar-refractivity contribution in [2.24, 2.45) is 5.92 Å². The third-order valence-corrected chi connectivity index (χ3v) is 6.93. The molecule has 0 saturated heterocycles. The highest BCUT2D eigenvalue weighted by Crippen LogP contribution is 2.44. The molecule has 2 heterocycles. The van der Waals surface area contributed by atoms with E-state index in [-0.39, 0.29) is 16.8 Å². The van der Waals surface area contributed by atoms with Crippen molar-refractivity contribution >= 4 is 34.2 Å². The van der Waals surface area contributed by atoms with Crippen LogP contribution in [0.1, 0.15) is 54.9 Å². The first kappa shape index (κ1) is 26.6. The fourth-order valence-corrected chi connectivity index (χ4v) is 4.95. The zero-order valence-corrected chi connectivity index (χ0v) is 23.1. The van der Waals surface area contributed by atoms with Crippen LogP contribution >= 0.6 is 11.6 Å². The molecule has 0 radical (unpaired) electrons. The zero-order valence-electron chi connectivity index (χ0n) is 22.3. The van der Waals surface area contributed by atoms with Crippen LogP contribution in [0.25, 0.3) is 11.0 Å². The summed E-state index contributed by atoms with van der Waals surface area (Å²) >= 11 is 6.21.